The second kappa shape index (κ2) is 10.6. The number of amides is 1. The van der Waals surface area contributed by atoms with Gasteiger partial charge < -0.3 is 5.32 Å². The molecule has 3 aromatic carbocycles. The van der Waals surface area contributed by atoms with Crippen LogP contribution < -0.4 is 9.62 Å². The molecule has 3 aromatic rings. The van der Waals surface area contributed by atoms with E-state index < -0.39 is 21.7 Å². The number of sulfonamides is 1. The Balaban J connectivity index is 1.70. The van der Waals surface area contributed by atoms with Crippen molar-refractivity contribution in [2.45, 2.75) is 25.8 Å². The molecule has 0 heterocycles. The number of nitrogens with zero attached hydrogens (tertiary/aromatic N) is 1. The number of anilines is 1. The zero-order chi connectivity index (χ0) is 24.0. The van der Waals surface area contributed by atoms with Crippen molar-refractivity contribution in [3.05, 3.63) is 101 Å². The van der Waals surface area contributed by atoms with E-state index in [4.69, 9.17) is 0 Å². The van der Waals surface area contributed by atoms with E-state index in [0.717, 1.165) is 39.4 Å². The summed E-state index contributed by atoms with van der Waals surface area (Å²) in [6.45, 7) is 1.94. The first-order valence-corrected chi connectivity index (χ1v) is 12.3. The first-order valence-electron chi connectivity index (χ1n) is 10.5. The minimum atomic E-state index is -3.75. The average molecular weight is 473 g/mol. The summed E-state index contributed by atoms with van der Waals surface area (Å²) in [6.07, 6.45) is 1.25. The molecule has 33 heavy (non-hydrogen) atoms. The van der Waals surface area contributed by atoms with Crippen LogP contribution in [0.1, 0.15) is 35.6 Å². The normalized spacial score (nSPS) is 12.2. The van der Waals surface area contributed by atoms with Crippen molar-refractivity contribution in [2.75, 3.05) is 17.1 Å². The van der Waals surface area contributed by atoms with Crippen molar-refractivity contribution in [2.24, 2.45) is 0 Å². The first kappa shape index (κ1) is 24.4. The van der Waals surface area contributed by atoms with E-state index in [0.29, 0.717) is 0 Å². The number of nitrogens with one attached hydrogen (secondary N) is 1. The summed E-state index contributed by atoms with van der Waals surface area (Å²) in [4.78, 5) is 12.7. The summed E-state index contributed by atoms with van der Waals surface area (Å²) in [5, 5.41) is 3.02. The molecule has 1 amide bonds. The predicted molar refractivity (Wildman–Crippen MR) is 125 cm³/mol. The van der Waals surface area contributed by atoms with Crippen molar-refractivity contribution in [1.29, 1.82) is 0 Å². The molecule has 1 N–H and O–H groups in total. The lowest BCUT2D eigenvalue weighted by Gasteiger charge is -2.23. The molecular weight excluding hydrogens is 446 g/mol. The van der Waals surface area contributed by atoms with Crippen LogP contribution in [0.25, 0.3) is 0 Å². The van der Waals surface area contributed by atoms with E-state index in [2.05, 4.69) is 5.32 Å². The topological polar surface area (TPSA) is 66.5 Å². The van der Waals surface area contributed by atoms with E-state index in [9.17, 15) is 22.0 Å². The number of hydrogen-bond donors (Lipinski definition) is 1. The Kier molecular flexibility index (Phi) is 7.81. The number of carbonyl (C=O) groups excluding carboxylic acids is 1. The van der Waals surface area contributed by atoms with Crippen LogP contribution in [-0.4, -0.2) is 27.1 Å². The highest BCUT2D eigenvalue weighted by molar-refractivity contribution is 7.92. The van der Waals surface area contributed by atoms with Gasteiger partial charge >= 0.3 is 0 Å². The number of aryl methyl sites for hydroxylation is 1. The van der Waals surface area contributed by atoms with Gasteiger partial charge in [0, 0.05) is 19.0 Å². The van der Waals surface area contributed by atoms with E-state index >= 15 is 0 Å². The second-order valence-corrected chi connectivity index (χ2v) is 9.77. The van der Waals surface area contributed by atoms with Gasteiger partial charge in [0.1, 0.15) is 0 Å². The van der Waals surface area contributed by atoms with E-state index in [1.54, 1.807) is 0 Å². The fourth-order valence-electron chi connectivity index (χ4n) is 3.51. The van der Waals surface area contributed by atoms with Gasteiger partial charge in [-0.15, -0.1) is 0 Å². The summed E-state index contributed by atoms with van der Waals surface area (Å²) in [5.74, 6) is -2.44. The molecule has 0 aromatic heterocycles. The lowest BCUT2D eigenvalue weighted by Crippen LogP contribution is -2.33. The van der Waals surface area contributed by atoms with Crippen molar-refractivity contribution in [1.82, 2.24) is 5.32 Å². The molecule has 1 unspecified atom stereocenters. The molecule has 3 rings (SSSR count). The molecule has 0 radical (unpaired) electrons. The number of carbonyl (C=O) groups is 1. The van der Waals surface area contributed by atoms with E-state index in [-0.39, 0.29) is 37.0 Å². The molecule has 5 nitrogen and oxygen atoms in total. The maximum Gasteiger partial charge on any atom is 0.232 e. The van der Waals surface area contributed by atoms with Crippen LogP contribution in [0.3, 0.4) is 0 Å². The zero-order valence-corrected chi connectivity index (χ0v) is 19.3. The fraction of sp³-hybridized carbons (Fsp3) is 0.240. The molecule has 0 fully saturated rings. The van der Waals surface area contributed by atoms with Gasteiger partial charge in [-0.25, -0.2) is 17.2 Å². The zero-order valence-electron chi connectivity index (χ0n) is 18.5. The number of rotatable bonds is 9. The molecule has 0 aliphatic rings. The number of halogens is 2. The van der Waals surface area contributed by atoms with Gasteiger partial charge in [-0.1, -0.05) is 60.2 Å². The minimum absolute atomic E-state index is 0.0126. The third-order valence-electron chi connectivity index (χ3n) is 5.21. The van der Waals surface area contributed by atoms with Crippen LogP contribution in [0, 0.1) is 18.6 Å². The van der Waals surface area contributed by atoms with Crippen LogP contribution in [0.2, 0.25) is 0 Å². The molecule has 1 atom stereocenters. The van der Waals surface area contributed by atoms with E-state index in [1.165, 1.54) is 6.07 Å². The highest BCUT2D eigenvalue weighted by Gasteiger charge is 2.20. The Hall–Kier alpha value is -3.26. The highest BCUT2D eigenvalue weighted by Crippen LogP contribution is 2.24. The maximum absolute atomic E-state index is 13.6. The average Bonchev–Trinajstić information content (AvgIpc) is 2.77. The first-order chi connectivity index (χ1) is 15.6. The summed E-state index contributed by atoms with van der Waals surface area (Å²) < 4.78 is 52.2. The Labute approximate surface area is 193 Å². The molecule has 174 valence electrons. The Morgan fingerprint density at radius 2 is 1.58 bits per heavy atom. The van der Waals surface area contributed by atoms with Gasteiger partial charge in [0.2, 0.25) is 15.9 Å². The third kappa shape index (κ3) is 6.61. The summed E-state index contributed by atoms with van der Waals surface area (Å²) in [5.41, 5.74) is 2.97. The molecule has 0 aliphatic carbocycles. The van der Waals surface area contributed by atoms with Crippen LogP contribution in [0.4, 0.5) is 14.5 Å². The van der Waals surface area contributed by atoms with Gasteiger partial charge in [0.05, 0.1) is 18.0 Å². The van der Waals surface area contributed by atoms with Gasteiger partial charge in [-0.3, -0.25) is 9.10 Å². The molecule has 0 spiro atoms. The summed E-state index contributed by atoms with van der Waals surface area (Å²) in [7, 11) is -3.75. The molecular formula is C25H26F2N2O3S. The van der Waals surface area contributed by atoms with E-state index in [1.807, 2.05) is 61.5 Å². The Morgan fingerprint density at radius 1 is 0.939 bits per heavy atom. The molecule has 0 saturated carbocycles. The quantitative estimate of drug-likeness (QED) is 0.490. The standard InChI is InChI=1S/C25H26F2N2O3S/c1-18-10-12-20(13-11-18)25(19-7-4-3-5-8-19)28-24(30)9-6-16-29(33(2,31)32)21-14-15-22(26)23(27)17-21/h3-5,7-8,10-15,17,25H,6,9,16H2,1-2H3,(H,28,30). The predicted octanol–water partition coefficient (Wildman–Crippen LogP) is 4.73. The number of hydrogen-bond acceptors (Lipinski definition) is 3. The van der Waals surface area contributed by atoms with Gasteiger partial charge in [0.15, 0.2) is 11.6 Å². The highest BCUT2D eigenvalue weighted by atomic mass is 32.2. The van der Waals surface area contributed by atoms with Crippen molar-refractivity contribution >= 4 is 21.6 Å². The van der Waals surface area contributed by atoms with Crippen LogP contribution in [0.15, 0.2) is 72.8 Å². The minimum Gasteiger partial charge on any atom is -0.345 e. The smallest absolute Gasteiger partial charge is 0.232 e. The van der Waals surface area contributed by atoms with Gasteiger partial charge in [-0.2, -0.15) is 0 Å². The maximum atomic E-state index is 13.6. The molecule has 0 aliphatic heterocycles. The number of benzene rings is 3. The monoisotopic (exact) mass is 472 g/mol. The lowest BCUT2D eigenvalue weighted by molar-refractivity contribution is -0.121. The third-order valence-corrected chi connectivity index (χ3v) is 6.40. The lowest BCUT2D eigenvalue weighted by atomic mass is 9.97. The van der Waals surface area contributed by atoms with Gasteiger partial charge in [0.25, 0.3) is 0 Å². The Bertz CT molecular complexity index is 1200. The van der Waals surface area contributed by atoms with Crippen molar-refractivity contribution in [3.63, 3.8) is 0 Å². The SMILES string of the molecule is Cc1ccc(C(NC(=O)CCCN(c2ccc(F)c(F)c2)S(C)(=O)=O)c2ccccc2)cc1. The molecule has 0 bridgehead atoms. The summed E-state index contributed by atoms with van der Waals surface area (Å²) in [6, 6.07) is 20.0. The van der Waals surface area contributed by atoms with Crippen molar-refractivity contribution < 1.29 is 22.0 Å². The van der Waals surface area contributed by atoms with Crippen molar-refractivity contribution in [3.8, 4) is 0 Å². The van der Waals surface area contributed by atoms with Crippen LogP contribution in [-0.2, 0) is 14.8 Å². The van der Waals surface area contributed by atoms with Crippen LogP contribution in [0.5, 0.6) is 0 Å². The summed E-state index contributed by atoms with van der Waals surface area (Å²) >= 11 is 0. The largest absolute Gasteiger partial charge is 0.345 e. The molecule has 0 saturated heterocycles. The second-order valence-electron chi connectivity index (χ2n) is 7.86. The van der Waals surface area contributed by atoms with Crippen LogP contribution >= 0.6 is 0 Å². The Morgan fingerprint density at radius 3 is 2.18 bits per heavy atom. The van der Waals surface area contributed by atoms with Gasteiger partial charge in [-0.05, 0) is 36.6 Å². The fourth-order valence-corrected chi connectivity index (χ4v) is 4.46. The molecule has 8 heteroatoms.